The van der Waals surface area contributed by atoms with Crippen molar-refractivity contribution >= 4 is 41.8 Å². The molecule has 0 bridgehead atoms. The summed E-state index contributed by atoms with van der Waals surface area (Å²) < 4.78 is 0. The van der Waals surface area contributed by atoms with Crippen molar-refractivity contribution in [2.24, 2.45) is 10.4 Å². The van der Waals surface area contributed by atoms with E-state index >= 15 is 0 Å². The lowest BCUT2D eigenvalue weighted by atomic mass is 9.92. The molecule has 8 nitrogen and oxygen atoms in total. The van der Waals surface area contributed by atoms with Crippen molar-refractivity contribution in [3.8, 4) is 0 Å². The summed E-state index contributed by atoms with van der Waals surface area (Å²) >= 11 is 0. The number of nitrogens with zero attached hydrogens (tertiary/aromatic N) is 4. The van der Waals surface area contributed by atoms with Crippen molar-refractivity contribution in [2.75, 3.05) is 59.9 Å². The van der Waals surface area contributed by atoms with Gasteiger partial charge in [0.05, 0.1) is 11.5 Å². The van der Waals surface area contributed by atoms with Gasteiger partial charge in [-0.3, -0.25) is 19.5 Å². The molecule has 28 heavy (non-hydrogen) atoms. The molecule has 2 heterocycles. The van der Waals surface area contributed by atoms with E-state index in [0.29, 0.717) is 6.54 Å². The van der Waals surface area contributed by atoms with Crippen LogP contribution in [0.25, 0.3) is 0 Å². The van der Waals surface area contributed by atoms with Crippen LogP contribution in [0.3, 0.4) is 0 Å². The first-order valence-corrected chi connectivity index (χ1v) is 10.0. The van der Waals surface area contributed by atoms with Gasteiger partial charge in [-0.15, -0.1) is 24.0 Å². The Hall–Kier alpha value is -1.10. The molecule has 2 N–H and O–H groups in total. The Bertz CT molecular complexity index is 555. The Morgan fingerprint density at radius 1 is 1.04 bits per heavy atom. The molecule has 1 atom stereocenters. The Labute approximate surface area is 186 Å². The number of rotatable bonds is 5. The molecule has 2 rings (SSSR count). The molecular weight excluding hydrogens is 471 g/mol. The van der Waals surface area contributed by atoms with Crippen LogP contribution in [0.5, 0.6) is 0 Å². The van der Waals surface area contributed by atoms with E-state index in [1.807, 2.05) is 25.7 Å². The van der Waals surface area contributed by atoms with E-state index in [1.54, 1.807) is 14.1 Å². The first-order valence-electron chi connectivity index (χ1n) is 10.0. The highest BCUT2D eigenvalue weighted by Crippen LogP contribution is 2.15. The van der Waals surface area contributed by atoms with E-state index in [9.17, 15) is 9.59 Å². The predicted octanol–water partition coefficient (Wildman–Crippen LogP) is 0.581. The molecule has 0 aromatic heterocycles. The van der Waals surface area contributed by atoms with Crippen LogP contribution in [0.2, 0.25) is 0 Å². The Kier molecular flexibility index (Phi) is 9.96. The van der Waals surface area contributed by atoms with Crippen LogP contribution in [0.1, 0.15) is 33.6 Å². The van der Waals surface area contributed by atoms with Gasteiger partial charge in [-0.1, -0.05) is 0 Å². The maximum Gasteiger partial charge on any atom is 0.239 e. The third-order valence-electron chi connectivity index (χ3n) is 5.68. The molecule has 0 aromatic rings. The fourth-order valence-electron chi connectivity index (χ4n) is 3.73. The van der Waals surface area contributed by atoms with Crippen molar-refractivity contribution in [3.05, 3.63) is 0 Å². The number of halogens is 1. The van der Waals surface area contributed by atoms with Crippen LogP contribution in [-0.2, 0) is 9.59 Å². The summed E-state index contributed by atoms with van der Waals surface area (Å²) in [6, 6.07) is -0.0626. The Morgan fingerprint density at radius 2 is 1.61 bits per heavy atom. The van der Waals surface area contributed by atoms with Crippen LogP contribution in [-0.4, -0.2) is 98.4 Å². The van der Waals surface area contributed by atoms with Gasteiger partial charge in [0, 0.05) is 59.9 Å². The summed E-state index contributed by atoms with van der Waals surface area (Å²) in [5.41, 5.74) is -0.511. The van der Waals surface area contributed by atoms with Crippen LogP contribution >= 0.6 is 24.0 Å². The van der Waals surface area contributed by atoms with E-state index in [2.05, 4.69) is 25.4 Å². The number of aliphatic imine (C=N–C) groups is 1. The van der Waals surface area contributed by atoms with Crippen LogP contribution in [0, 0.1) is 5.41 Å². The predicted molar refractivity (Wildman–Crippen MR) is 123 cm³/mol. The first-order chi connectivity index (χ1) is 12.8. The number of piperazine rings is 1. The number of nitrogens with one attached hydrogen (secondary N) is 2. The van der Waals surface area contributed by atoms with Gasteiger partial charge in [0.15, 0.2) is 5.96 Å². The number of hydrogen-bond acceptors (Lipinski definition) is 4. The summed E-state index contributed by atoms with van der Waals surface area (Å²) in [6.07, 6.45) is 2.25. The van der Waals surface area contributed by atoms with Gasteiger partial charge in [0.25, 0.3) is 0 Å². The lowest BCUT2D eigenvalue weighted by Crippen LogP contribution is -2.58. The second-order valence-corrected chi connectivity index (χ2v) is 8.10. The SMILES string of the molecule is CN=C(NCC(C)(C)C(=O)NC)N1CCN(C(C)C(=O)N2CCCC2)CC1.I. The molecule has 0 aliphatic carbocycles. The third-order valence-corrected chi connectivity index (χ3v) is 5.68. The number of guanidine groups is 1. The molecule has 0 saturated carbocycles. The molecule has 9 heteroatoms. The van der Waals surface area contributed by atoms with Crippen molar-refractivity contribution in [1.29, 1.82) is 0 Å². The standard InChI is InChI=1S/C19H36N6O2.HI/c1-15(16(26)24-8-6-7-9-24)23-10-12-25(13-11-23)18(21-5)22-14-19(2,3)17(27)20-4;/h15H,6-14H2,1-5H3,(H,20,27)(H,21,22);1H. The topological polar surface area (TPSA) is 80.3 Å². The smallest absolute Gasteiger partial charge is 0.239 e. The minimum absolute atomic E-state index is 0. The molecule has 2 aliphatic heterocycles. The van der Waals surface area contributed by atoms with Gasteiger partial charge in [-0.25, -0.2) is 0 Å². The molecule has 2 amide bonds. The Morgan fingerprint density at radius 3 is 2.11 bits per heavy atom. The maximum absolute atomic E-state index is 12.6. The highest BCUT2D eigenvalue weighted by atomic mass is 127. The summed E-state index contributed by atoms with van der Waals surface area (Å²) in [7, 11) is 3.42. The fraction of sp³-hybridized carbons (Fsp3) is 0.842. The van der Waals surface area contributed by atoms with E-state index in [-0.39, 0.29) is 41.8 Å². The first kappa shape index (κ1) is 24.9. The Balaban J connectivity index is 0.00000392. The number of likely N-dealkylation sites (tertiary alicyclic amines) is 1. The molecule has 0 radical (unpaired) electrons. The second-order valence-electron chi connectivity index (χ2n) is 8.10. The molecule has 162 valence electrons. The largest absolute Gasteiger partial charge is 0.359 e. The number of carbonyl (C=O) groups excluding carboxylic acids is 2. The van der Waals surface area contributed by atoms with Crippen molar-refractivity contribution in [3.63, 3.8) is 0 Å². The van der Waals surface area contributed by atoms with E-state index in [0.717, 1.165) is 58.1 Å². The fourth-order valence-corrected chi connectivity index (χ4v) is 3.73. The second kappa shape index (κ2) is 11.2. The van der Waals surface area contributed by atoms with Gasteiger partial charge >= 0.3 is 0 Å². The van der Waals surface area contributed by atoms with Crippen molar-refractivity contribution < 1.29 is 9.59 Å². The van der Waals surface area contributed by atoms with Crippen molar-refractivity contribution in [2.45, 2.75) is 39.7 Å². The zero-order valence-electron chi connectivity index (χ0n) is 18.0. The summed E-state index contributed by atoms with van der Waals surface area (Å²) in [4.78, 5) is 35.4. The van der Waals surface area contributed by atoms with Crippen LogP contribution < -0.4 is 10.6 Å². The monoisotopic (exact) mass is 508 g/mol. The molecular formula is C19H37IN6O2. The van der Waals surface area contributed by atoms with E-state index in [1.165, 1.54) is 0 Å². The average molecular weight is 508 g/mol. The van der Waals surface area contributed by atoms with Gasteiger partial charge in [-0.2, -0.15) is 0 Å². The third kappa shape index (κ3) is 6.20. The average Bonchev–Trinajstić information content (AvgIpc) is 3.21. The van der Waals surface area contributed by atoms with E-state index < -0.39 is 5.41 Å². The summed E-state index contributed by atoms with van der Waals surface area (Å²) in [6.45, 7) is 11.5. The number of amides is 2. The lowest BCUT2D eigenvalue weighted by molar-refractivity contribution is -0.135. The number of carbonyl (C=O) groups is 2. The molecule has 2 fully saturated rings. The summed E-state index contributed by atoms with van der Waals surface area (Å²) in [5, 5.41) is 6.03. The number of hydrogen-bond donors (Lipinski definition) is 2. The lowest BCUT2D eigenvalue weighted by Gasteiger charge is -2.40. The maximum atomic E-state index is 12.6. The molecule has 1 unspecified atom stereocenters. The molecule has 0 aromatic carbocycles. The molecule has 0 spiro atoms. The van der Waals surface area contributed by atoms with Gasteiger partial charge in [0.2, 0.25) is 11.8 Å². The normalized spacial score (nSPS) is 19.8. The molecule has 2 aliphatic rings. The zero-order chi connectivity index (χ0) is 20.0. The molecule has 2 saturated heterocycles. The highest BCUT2D eigenvalue weighted by molar-refractivity contribution is 14.0. The van der Waals surface area contributed by atoms with Gasteiger partial charge < -0.3 is 20.4 Å². The van der Waals surface area contributed by atoms with Crippen molar-refractivity contribution in [1.82, 2.24) is 25.3 Å². The van der Waals surface area contributed by atoms with Crippen LogP contribution in [0.4, 0.5) is 0 Å². The van der Waals surface area contributed by atoms with Gasteiger partial charge in [0.1, 0.15) is 0 Å². The van der Waals surface area contributed by atoms with Crippen LogP contribution in [0.15, 0.2) is 4.99 Å². The highest BCUT2D eigenvalue weighted by Gasteiger charge is 2.31. The van der Waals surface area contributed by atoms with Gasteiger partial charge in [-0.05, 0) is 33.6 Å². The minimum atomic E-state index is -0.511. The van der Waals surface area contributed by atoms with E-state index in [4.69, 9.17) is 0 Å². The quantitative estimate of drug-likeness (QED) is 0.323. The minimum Gasteiger partial charge on any atom is -0.359 e. The zero-order valence-corrected chi connectivity index (χ0v) is 20.3. The summed E-state index contributed by atoms with van der Waals surface area (Å²) in [5.74, 6) is 1.07.